The van der Waals surface area contributed by atoms with Crippen LogP contribution in [0.5, 0.6) is 0 Å². The van der Waals surface area contributed by atoms with Crippen LogP contribution in [0, 0.1) is 0 Å². The van der Waals surface area contributed by atoms with Crippen LogP contribution in [0.25, 0.3) is 0 Å². The van der Waals surface area contributed by atoms with Gasteiger partial charge in [-0.15, -0.1) is 11.8 Å². The van der Waals surface area contributed by atoms with Gasteiger partial charge in [0, 0.05) is 23.0 Å². The van der Waals surface area contributed by atoms with Crippen molar-refractivity contribution in [2.75, 3.05) is 35.3 Å². The SMILES string of the molecule is CCC[n+]1c(N)cc(N)nc1SCC1=C(C(=O)O)N2C(=O)C(NC(=O)/C(=N\OCC)c3nsc(N)n3)C2SC1. The Kier molecular flexibility index (Phi) is 8.76. The molecule has 39 heavy (non-hydrogen) atoms. The summed E-state index contributed by atoms with van der Waals surface area (Å²) in [6.45, 7) is 4.49. The first-order valence-electron chi connectivity index (χ1n) is 11.7. The van der Waals surface area contributed by atoms with Crippen molar-refractivity contribution < 1.29 is 28.9 Å². The highest BCUT2D eigenvalue weighted by atomic mass is 32.2. The molecule has 0 radical (unpaired) electrons. The Balaban J connectivity index is 1.52. The van der Waals surface area contributed by atoms with Gasteiger partial charge in [-0.2, -0.15) is 9.36 Å². The number of nitrogens with two attached hydrogens (primary N) is 3. The van der Waals surface area contributed by atoms with Crippen LogP contribution >= 0.6 is 35.1 Å². The van der Waals surface area contributed by atoms with E-state index in [0.29, 0.717) is 28.8 Å². The summed E-state index contributed by atoms with van der Waals surface area (Å²) in [6.07, 6.45) is 0.812. The number of amides is 2. The highest BCUT2D eigenvalue weighted by Crippen LogP contribution is 2.41. The fourth-order valence-electron chi connectivity index (χ4n) is 3.90. The van der Waals surface area contributed by atoms with Gasteiger partial charge in [0.15, 0.2) is 5.13 Å². The minimum Gasteiger partial charge on any atom is -0.477 e. The van der Waals surface area contributed by atoms with E-state index in [-0.39, 0.29) is 40.5 Å². The summed E-state index contributed by atoms with van der Waals surface area (Å²) in [7, 11) is 0. The number of rotatable bonds is 11. The first-order valence-corrected chi connectivity index (χ1v) is 14.6. The number of aromatic nitrogens is 4. The van der Waals surface area contributed by atoms with E-state index < -0.39 is 29.2 Å². The monoisotopic (exact) mass is 595 g/mol. The number of carboxylic acids is 1. The molecule has 2 aromatic heterocycles. The van der Waals surface area contributed by atoms with Gasteiger partial charge in [0.25, 0.3) is 11.8 Å². The van der Waals surface area contributed by atoms with E-state index >= 15 is 0 Å². The third-order valence-corrected chi connectivity index (χ3v) is 8.52. The molecule has 0 aliphatic carbocycles. The van der Waals surface area contributed by atoms with Crippen molar-refractivity contribution in [3.63, 3.8) is 0 Å². The van der Waals surface area contributed by atoms with Gasteiger partial charge in [-0.1, -0.05) is 17.1 Å². The second-order valence-electron chi connectivity index (χ2n) is 8.26. The molecule has 2 aliphatic heterocycles. The van der Waals surface area contributed by atoms with Crippen LogP contribution in [0.1, 0.15) is 26.1 Å². The lowest BCUT2D eigenvalue weighted by Crippen LogP contribution is -2.71. The number of nitrogens with zero attached hydrogens (tertiary/aromatic N) is 6. The molecule has 2 amide bonds. The van der Waals surface area contributed by atoms with Crippen molar-refractivity contribution in [3.05, 3.63) is 23.2 Å². The minimum atomic E-state index is -1.24. The zero-order valence-electron chi connectivity index (χ0n) is 21.0. The van der Waals surface area contributed by atoms with Crippen molar-refractivity contribution in [1.82, 2.24) is 24.6 Å². The Bertz CT molecular complexity index is 1360. The van der Waals surface area contributed by atoms with Crippen molar-refractivity contribution in [3.8, 4) is 0 Å². The fraction of sp³-hybridized carbons (Fsp3) is 0.429. The van der Waals surface area contributed by atoms with Gasteiger partial charge in [0.05, 0.1) is 12.6 Å². The number of thioether (sulfide) groups is 2. The Morgan fingerprint density at radius 3 is 2.74 bits per heavy atom. The van der Waals surface area contributed by atoms with Crippen LogP contribution in [0.4, 0.5) is 16.8 Å². The molecule has 1 fully saturated rings. The van der Waals surface area contributed by atoms with E-state index in [9.17, 15) is 19.5 Å². The number of nitrogen functional groups attached to an aromatic ring is 3. The minimum absolute atomic E-state index is 0.0371. The molecule has 208 valence electrons. The highest BCUT2D eigenvalue weighted by Gasteiger charge is 2.54. The Labute approximate surface area is 235 Å². The zero-order chi connectivity index (χ0) is 28.3. The Morgan fingerprint density at radius 1 is 1.33 bits per heavy atom. The number of carboxylic acid groups (broad SMARTS) is 1. The molecule has 18 heteroatoms. The van der Waals surface area contributed by atoms with Crippen LogP contribution in [0.2, 0.25) is 0 Å². The van der Waals surface area contributed by atoms with Crippen LogP contribution in [-0.4, -0.2) is 77.4 Å². The summed E-state index contributed by atoms with van der Waals surface area (Å²) in [6, 6.07) is 0.593. The van der Waals surface area contributed by atoms with Crippen molar-refractivity contribution in [1.29, 1.82) is 0 Å². The van der Waals surface area contributed by atoms with Crippen LogP contribution in [0.3, 0.4) is 0 Å². The molecule has 2 aliphatic rings. The van der Waals surface area contributed by atoms with Crippen LogP contribution < -0.4 is 27.1 Å². The summed E-state index contributed by atoms with van der Waals surface area (Å²) in [5, 5.41) is 16.4. The molecule has 4 heterocycles. The fourth-order valence-corrected chi connectivity index (χ4v) is 6.88. The van der Waals surface area contributed by atoms with Crippen molar-refractivity contribution >= 4 is 75.3 Å². The molecular formula is C21H27N10O5S3+. The van der Waals surface area contributed by atoms with Gasteiger partial charge >= 0.3 is 11.1 Å². The standard InChI is InChI=1S/C21H26N10O5S3/c1-3-5-30-11(23)6-10(22)25-21(30)38-8-9-7-37-18-13(17(33)31(18)14(9)19(34)35)26-16(32)12(28-36-4-2)15-27-20(24)39-29-15/h6,13,18H,3-5,7-8H2,1-2H3,(H7,22,23,24,26,27,29,32,34,35)/p+1/b28-12-. The number of hydrogen-bond acceptors (Lipinski definition) is 14. The average molecular weight is 596 g/mol. The van der Waals surface area contributed by atoms with E-state index in [4.69, 9.17) is 22.0 Å². The lowest BCUT2D eigenvalue weighted by Gasteiger charge is -2.49. The van der Waals surface area contributed by atoms with E-state index in [1.54, 1.807) is 13.0 Å². The summed E-state index contributed by atoms with van der Waals surface area (Å²) in [4.78, 5) is 52.8. The first kappa shape index (κ1) is 28.4. The van der Waals surface area contributed by atoms with Crippen molar-refractivity contribution in [2.45, 2.75) is 43.4 Å². The number of fused-ring (bicyclic) bond motifs is 1. The summed E-state index contributed by atoms with van der Waals surface area (Å²) in [5.41, 5.74) is 17.8. The van der Waals surface area contributed by atoms with Gasteiger partial charge in [-0.25, -0.2) is 9.36 Å². The highest BCUT2D eigenvalue weighted by molar-refractivity contribution is 8.01. The molecule has 0 aromatic carbocycles. The molecule has 8 N–H and O–H groups in total. The molecule has 0 spiro atoms. The number of carbonyl (C=O) groups is 3. The molecule has 2 aromatic rings. The van der Waals surface area contributed by atoms with E-state index in [1.165, 1.54) is 28.4 Å². The predicted molar refractivity (Wildman–Crippen MR) is 146 cm³/mol. The van der Waals surface area contributed by atoms with Gasteiger partial charge in [0.1, 0.15) is 23.7 Å². The van der Waals surface area contributed by atoms with E-state index in [1.807, 2.05) is 11.5 Å². The number of β-lactam (4-membered cyclic amide) rings is 1. The number of aliphatic carboxylic acids is 1. The quantitative estimate of drug-likeness (QED) is 0.0559. The number of carbonyl (C=O) groups excluding carboxylic acids is 2. The third kappa shape index (κ3) is 5.86. The third-order valence-electron chi connectivity index (χ3n) is 5.58. The maximum absolute atomic E-state index is 13.1. The van der Waals surface area contributed by atoms with E-state index in [2.05, 4.69) is 24.8 Å². The van der Waals surface area contributed by atoms with Crippen LogP contribution in [0.15, 0.2) is 27.6 Å². The van der Waals surface area contributed by atoms with E-state index in [0.717, 1.165) is 18.0 Å². The lowest BCUT2D eigenvalue weighted by molar-refractivity contribution is -0.723. The molecule has 15 nitrogen and oxygen atoms in total. The molecule has 4 rings (SSSR count). The predicted octanol–water partition coefficient (Wildman–Crippen LogP) is -0.351. The maximum atomic E-state index is 13.1. The normalized spacial score (nSPS) is 19.0. The largest absolute Gasteiger partial charge is 0.477 e. The smallest absolute Gasteiger partial charge is 0.352 e. The van der Waals surface area contributed by atoms with Crippen LogP contribution in [-0.2, 0) is 25.8 Å². The number of hydrogen-bond donors (Lipinski definition) is 5. The zero-order valence-corrected chi connectivity index (χ0v) is 23.4. The maximum Gasteiger partial charge on any atom is 0.352 e. The Morgan fingerprint density at radius 2 is 2.10 bits per heavy atom. The molecule has 2 atom stereocenters. The number of nitrogens with one attached hydrogen (secondary N) is 1. The first-order chi connectivity index (χ1) is 18.7. The molecule has 0 saturated carbocycles. The van der Waals surface area contributed by atoms with Crippen molar-refractivity contribution in [2.24, 2.45) is 5.16 Å². The molecular weight excluding hydrogens is 568 g/mol. The summed E-state index contributed by atoms with van der Waals surface area (Å²) < 4.78 is 5.80. The van der Waals surface area contributed by atoms with Gasteiger partial charge in [-0.3, -0.25) is 14.5 Å². The lowest BCUT2D eigenvalue weighted by atomic mass is 10.0. The second kappa shape index (κ2) is 12.0. The number of oxime groups is 1. The molecule has 0 bridgehead atoms. The van der Waals surface area contributed by atoms with Gasteiger partial charge in [0.2, 0.25) is 23.2 Å². The molecule has 1 saturated heterocycles. The summed E-state index contributed by atoms with van der Waals surface area (Å²) >= 11 is 3.51. The molecule has 2 unspecified atom stereocenters. The summed E-state index contributed by atoms with van der Waals surface area (Å²) in [5.74, 6) is -1.29. The number of anilines is 3. The van der Waals surface area contributed by atoms with Gasteiger partial charge < -0.3 is 32.5 Å². The topological polar surface area (TPSA) is 229 Å². The Hall–Kier alpha value is -3.64. The average Bonchev–Trinajstić information content (AvgIpc) is 3.32. The van der Waals surface area contributed by atoms with Gasteiger partial charge in [-0.05, 0) is 30.7 Å². The second-order valence-corrected chi connectivity index (χ2v) is 11.1.